The second kappa shape index (κ2) is 8.12. The number of benzene rings is 2. The van der Waals surface area contributed by atoms with Gasteiger partial charge in [0.05, 0.1) is 0 Å². The normalized spacial score (nSPS) is 20.0. The summed E-state index contributed by atoms with van der Waals surface area (Å²) >= 11 is 3.69. The van der Waals surface area contributed by atoms with Crippen LogP contribution in [0.5, 0.6) is 0 Å². The van der Waals surface area contributed by atoms with Crippen LogP contribution in [-0.4, -0.2) is 22.8 Å². The summed E-state index contributed by atoms with van der Waals surface area (Å²) in [6.45, 7) is 5.59. The first-order chi connectivity index (χ1) is 11.3. The highest BCUT2D eigenvalue weighted by atomic mass is 79.9. The van der Waals surface area contributed by atoms with E-state index >= 15 is 0 Å². The predicted octanol–water partition coefficient (Wildman–Crippen LogP) is 5.39. The molecule has 0 aliphatic heterocycles. The molecule has 1 fully saturated rings. The van der Waals surface area contributed by atoms with Crippen molar-refractivity contribution >= 4 is 15.9 Å². The Hall–Kier alpha value is -1.12. The van der Waals surface area contributed by atoms with Crippen molar-refractivity contribution in [2.24, 2.45) is 0 Å². The Kier molecular flexibility index (Phi) is 5.91. The van der Waals surface area contributed by atoms with Gasteiger partial charge in [-0.2, -0.15) is 0 Å². The fourth-order valence-electron chi connectivity index (χ4n) is 3.14. The van der Waals surface area contributed by atoms with Crippen LogP contribution in [0.15, 0.2) is 54.6 Å². The monoisotopic (exact) mass is 371 g/mol. The van der Waals surface area contributed by atoms with Gasteiger partial charge in [-0.1, -0.05) is 77.5 Å². The van der Waals surface area contributed by atoms with Crippen molar-refractivity contribution in [2.45, 2.75) is 43.5 Å². The highest BCUT2D eigenvalue weighted by Gasteiger charge is 2.35. The van der Waals surface area contributed by atoms with E-state index < -0.39 is 0 Å². The zero-order valence-corrected chi connectivity index (χ0v) is 15.5. The topological polar surface area (TPSA) is 3.24 Å². The maximum absolute atomic E-state index is 3.69. The summed E-state index contributed by atoms with van der Waals surface area (Å²) in [5.41, 5.74) is 4.37. The highest BCUT2D eigenvalue weighted by Crippen LogP contribution is 2.46. The third kappa shape index (κ3) is 4.92. The van der Waals surface area contributed by atoms with Gasteiger partial charge in [0.15, 0.2) is 0 Å². The number of nitrogens with zero attached hydrogens (tertiary/aromatic N) is 1. The molecule has 1 nitrogen and oxygen atoms in total. The standard InChI is InChI=1S/C21H26BrN/c1-2-23(16-18-7-4-3-5-8-18)14-6-9-17-10-12-19(13-11-17)20-15-21(20)22/h3-5,7-8,10-13,20-21H,2,6,9,14-16H2,1H3. The molecule has 0 spiro atoms. The van der Waals surface area contributed by atoms with Gasteiger partial charge >= 0.3 is 0 Å². The Bertz CT molecular complexity index is 593. The lowest BCUT2D eigenvalue weighted by Crippen LogP contribution is -2.24. The van der Waals surface area contributed by atoms with Crippen molar-refractivity contribution in [1.82, 2.24) is 4.90 Å². The molecular weight excluding hydrogens is 346 g/mol. The minimum absolute atomic E-state index is 0.712. The Labute approximate surface area is 148 Å². The average Bonchev–Trinajstić information content (AvgIpc) is 3.32. The highest BCUT2D eigenvalue weighted by molar-refractivity contribution is 9.09. The summed E-state index contributed by atoms with van der Waals surface area (Å²) in [5, 5.41) is 0. The minimum Gasteiger partial charge on any atom is -0.299 e. The van der Waals surface area contributed by atoms with Crippen molar-refractivity contribution in [3.63, 3.8) is 0 Å². The quantitative estimate of drug-likeness (QED) is 0.562. The van der Waals surface area contributed by atoms with Gasteiger partial charge in [0.2, 0.25) is 0 Å². The second-order valence-electron chi connectivity index (χ2n) is 6.56. The van der Waals surface area contributed by atoms with Crippen molar-refractivity contribution in [2.75, 3.05) is 13.1 Å². The van der Waals surface area contributed by atoms with Gasteiger partial charge in [0, 0.05) is 11.4 Å². The number of halogens is 1. The molecule has 3 rings (SSSR count). The molecule has 122 valence electrons. The molecule has 1 aliphatic rings. The van der Waals surface area contributed by atoms with Crippen LogP contribution in [0.2, 0.25) is 0 Å². The lowest BCUT2D eigenvalue weighted by Gasteiger charge is -2.20. The summed E-state index contributed by atoms with van der Waals surface area (Å²) < 4.78 is 0. The van der Waals surface area contributed by atoms with Gasteiger partial charge in [-0.3, -0.25) is 4.90 Å². The summed E-state index contributed by atoms with van der Waals surface area (Å²) in [6.07, 6.45) is 3.70. The molecule has 23 heavy (non-hydrogen) atoms. The van der Waals surface area contributed by atoms with E-state index in [4.69, 9.17) is 0 Å². The van der Waals surface area contributed by atoms with Gasteiger partial charge in [0.1, 0.15) is 0 Å². The van der Waals surface area contributed by atoms with Gasteiger partial charge < -0.3 is 0 Å². The van der Waals surface area contributed by atoms with Crippen LogP contribution in [0.3, 0.4) is 0 Å². The van der Waals surface area contributed by atoms with E-state index in [9.17, 15) is 0 Å². The number of aryl methyl sites for hydroxylation is 1. The van der Waals surface area contributed by atoms with Crippen LogP contribution in [0.25, 0.3) is 0 Å². The van der Waals surface area contributed by atoms with Gasteiger partial charge in [-0.05, 0) is 55.0 Å². The van der Waals surface area contributed by atoms with E-state index in [2.05, 4.69) is 82.4 Å². The molecule has 0 saturated heterocycles. The molecule has 2 aromatic rings. The molecule has 2 atom stereocenters. The summed E-state index contributed by atoms with van der Waals surface area (Å²) in [7, 11) is 0. The van der Waals surface area contributed by atoms with E-state index in [1.165, 1.54) is 42.5 Å². The maximum atomic E-state index is 3.69. The van der Waals surface area contributed by atoms with Crippen LogP contribution < -0.4 is 0 Å². The van der Waals surface area contributed by atoms with E-state index in [0.717, 1.165) is 19.0 Å². The average molecular weight is 372 g/mol. The van der Waals surface area contributed by atoms with Crippen LogP contribution in [-0.2, 0) is 13.0 Å². The first-order valence-electron chi connectivity index (χ1n) is 8.75. The van der Waals surface area contributed by atoms with Crippen LogP contribution in [0, 0.1) is 0 Å². The first-order valence-corrected chi connectivity index (χ1v) is 9.67. The van der Waals surface area contributed by atoms with E-state index in [0.29, 0.717) is 4.83 Å². The maximum Gasteiger partial charge on any atom is 0.0233 e. The fourth-order valence-corrected chi connectivity index (χ4v) is 3.85. The number of rotatable bonds is 8. The largest absolute Gasteiger partial charge is 0.299 e. The van der Waals surface area contributed by atoms with Gasteiger partial charge in [0.25, 0.3) is 0 Å². The van der Waals surface area contributed by atoms with Crippen molar-refractivity contribution < 1.29 is 0 Å². The zero-order chi connectivity index (χ0) is 16.1. The molecule has 0 N–H and O–H groups in total. The van der Waals surface area contributed by atoms with Crippen LogP contribution in [0.1, 0.15) is 42.4 Å². The van der Waals surface area contributed by atoms with Crippen LogP contribution >= 0.6 is 15.9 Å². The lowest BCUT2D eigenvalue weighted by atomic mass is 10.0. The molecule has 0 heterocycles. The van der Waals surface area contributed by atoms with E-state index in [-0.39, 0.29) is 0 Å². The molecule has 1 saturated carbocycles. The fraction of sp³-hybridized carbons (Fsp3) is 0.429. The third-order valence-corrected chi connectivity index (χ3v) is 5.77. The zero-order valence-electron chi connectivity index (χ0n) is 13.9. The molecule has 0 radical (unpaired) electrons. The molecule has 2 heteroatoms. The Morgan fingerprint density at radius 1 is 1.00 bits per heavy atom. The van der Waals surface area contributed by atoms with Crippen LogP contribution in [0.4, 0.5) is 0 Å². The van der Waals surface area contributed by atoms with E-state index in [1.807, 2.05) is 0 Å². The molecule has 0 amide bonds. The summed E-state index contributed by atoms with van der Waals surface area (Å²) in [4.78, 5) is 3.24. The Morgan fingerprint density at radius 3 is 2.30 bits per heavy atom. The third-order valence-electron chi connectivity index (χ3n) is 4.76. The second-order valence-corrected chi connectivity index (χ2v) is 7.73. The van der Waals surface area contributed by atoms with Crippen molar-refractivity contribution in [3.8, 4) is 0 Å². The SMILES string of the molecule is CCN(CCCc1ccc(C2CC2Br)cc1)Cc1ccccc1. The number of hydrogen-bond donors (Lipinski definition) is 0. The first kappa shape index (κ1) is 16.7. The predicted molar refractivity (Wildman–Crippen MR) is 102 cm³/mol. The number of hydrogen-bond acceptors (Lipinski definition) is 1. The lowest BCUT2D eigenvalue weighted by molar-refractivity contribution is 0.276. The molecule has 0 bridgehead atoms. The molecule has 0 aromatic heterocycles. The smallest absolute Gasteiger partial charge is 0.0233 e. The molecule has 1 aliphatic carbocycles. The molecular formula is C21H26BrN. The minimum atomic E-state index is 0.712. The summed E-state index contributed by atoms with van der Waals surface area (Å²) in [6, 6.07) is 20.1. The molecule has 2 aromatic carbocycles. The van der Waals surface area contributed by atoms with Gasteiger partial charge in [-0.25, -0.2) is 0 Å². The van der Waals surface area contributed by atoms with E-state index in [1.54, 1.807) is 0 Å². The Morgan fingerprint density at radius 2 is 1.70 bits per heavy atom. The van der Waals surface area contributed by atoms with Crippen molar-refractivity contribution in [3.05, 3.63) is 71.3 Å². The Balaban J connectivity index is 1.44. The van der Waals surface area contributed by atoms with Gasteiger partial charge in [-0.15, -0.1) is 0 Å². The summed E-state index contributed by atoms with van der Waals surface area (Å²) in [5.74, 6) is 0.755. The van der Waals surface area contributed by atoms with Crippen molar-refractivity contribution in [1.29, 1.82) is 0 Å². The number of alkyl halides is 1. The molecule has 2 unspecified atom stereocenters.